The third kappa shape index (κ3) is 3.79. The number of benzene rings is 1. The number of primary amides is 1. The van der Waals surface area contributed by atoms with Crippen LogP contribution in [-0.2, 0) is 6.54 Å². The highest BCUT2D eigenvalue weighted by Crippen LogP contribution is 2.24. The predicted octanol–water partition coefficient (Wildman–Crippen LogP) is 1.89. The Balaban J connectivity index is 1.92. The van der Waals surface area contributed by atoms with Crippen LogP contribution in [-0.4, -0.2) is 25.8 Å². The Morgan fingerprint density at radius 2 is 1.92 bits per heavy atom. The van der Waals surface area contributed by atoms with Gasteiger partial charge in [0.1, 0.15) is 0 Å². The van der Waals surface area contributed by atoms with E-state index in [-0.39, 0.29) is 5.95 Å². The molecule has 0 atom stereocenters. The van der Waals surface area contributed by atoms with E-state index in [1.807, 2.05) is 13.0 Å². The van der Waals surface area contributed by atoms with E-state index in [4.69, 9.17) is 11.5 Å². The van der Waals surface area contributed by atoms with Crippen LogP contribution < -0.4 is 16.4 Å². The number of nitrogens with zero attached hydrogens (tertiary/aromatic N) is 5. The molecule has 0 saturated heterocycles. The second-order valence-corrected chi connectivity index (χ2v) is 5.33. The minimum atomic E-state index is -0.622. The summed E-state index contributed by atoms with van der Waals surface area (Å²) < 4.78 is 1.72. The van der Waals surface area contributed by atoms with Gasteiger partial charge in [-0.25, -0.2) is 19.7 Å². The summed E-state index contributed by atoms with van der Waals surface area (Å²) in [5.41, 5.74) is 12.9. The molecule has 0 aliphatic carbocycles. The summed E-state index contributed by atoms with van der Waals surface area (Å²) in [5, 5.41) is 4.34. The molecule has 0 aliphatic rings. The molecule has 4 N–H and O–H groups in total. The SMILES string of the molecule is CCn1ccc(N(C(N)=O)c2cccc(C#Cc3cnc(N)nc3)c2)n1. The first-order valence-corrected chi connectivity index (χ1v) is 7.89. The number of carbonyl (C=O) groups excluding carboxylic acids is 1. The first-order chi connectivity index (χ1) is 12.6. The Hall–Kier alpha value is -3.86. The van der Waals surface area contributed by atoms with E-state index in [1.165, 1.54) is 4.90 Å². The van der Waals surface area contributed by atoms with Gasteiger partial charge in [-0.1, -0.05) is 17.9 Å². The van der Waals surface area contributed by atoms with Crippen molar-refractivity contribution in [1.29, 1.82) is 0 Å². The largest absolute Gasteiger partial charge is 0.368 e. The molecule has 2 amide bonds. The van der Waals surface area contributed by atoms with Gasteiger partial charge in [-0.3, -0.25) is 4.68 Å². The van der Waals surface area contributed by atoms with E-state index in [9.17, 15) is 4.79 Å². The highest BCUT2D eigenvalue weighted by Gasteiger charge is 2.17. The van der Waals surface area contributed by atoms with E-state index >= 15 is 0 Å². The lowest BCUT2D eigenvalue weighted by molar-refractivity contribution is 0.256. The molecule has 0 saturated carbocycles. The molecule has 0 spiro atoms. The van der Waals surface area contributed by atoms with Gasteiger partial charge < -0.3 is 11.5 Å². The van der Waals surface area contributed by atoms with Gasteiger partial charge in [0.2, 0.25) is 5.95 Å². The zero-order chi connectivity index (χ0) is 18.5. The van der Waals surface area contributed by atoms with Crippen LogP contribution in [0.15, 0.2) is 48.9 Å². The number of hydrogen-bond acceptors (Lipinski definition) is 5. The monoisotopic (exact) mass is 347 g/mol. The Morgan fingerprint density at radius 3 is 2.58 bits per heavy atom. The molecule has 0 aliphatic heterocycles. The molecule has 26 heavy (non-hydrogen) atoms. The van der Waals surface area contributed by atoms with Crippen LogP contribution in [0, 0.1) is 11.8 Å². The summed E-state index contributed by atoms with van der Waals surface area (Å²) in [5.74, 6) is 6.61. The topological polar surface area (TPSA) is 116 Å². The summed E-state index contributed by atoms with van der Waals surface area (Å²) in [7, 11) is 0. The lowest BCUT2D eigenvalue weighted by Gasteiger charge is -2.18. The number of anilines is 3. The highest BCUT2D eigenvalue weighted by atomic mass is 16.2. The summed E-state index contributed by atoms with van der Waals surface area (Å²) in [4.78, 5) is 21.1. The second-order valence-electron chi connectivity index (χ2n) is 5.33. The third-order valence-corrected chi connectivity index (χ3v) is 3.53. The van der Waals surface area contributed by atoms with E-state index in [2.05, 4.69) is 26.9 Å². The summed E-state index contributed by atoms with van der Waals surface area (Å²) >= 11 is 0. The van der Waals surface area contributed by atoms with Gasteiger partial charge in [0.25, 0.3) is 0 Å². The molecule has 8 nitrogen and oxygen atoms in total. The van der Waals surface area contributed by atoms with Gasteiger partial charge >= 0.3 is 6.03 Å². The lowest BCUT2D eigenvalue weighted by atomic mass is 10.2. The number of urea groups is 1. The number of rotatable bonds is 3. The number of aryl methyl sites for hydroxylation is 1. The van der Waals surface area contributed by atoms with Gasteiger partial charge in [0, 0.05) is 36.8 Å². The maximum atomic E-state index is 12.0. The highest BCUT2D eigenvalue weighted by molar-refractivity contribution is 5.97. The third-order valence-electron chi connectivity index (χ3n) is 3.53. The molecule has 0 unspecified atom stereocenters. The fraction of sp³-hybridized carbons (Fsp3) is 0.111. The average molecular weight is 347 g/mol. The van der Waals surface area contributed by atoms with E-state index in [1.54, 1.807) is 47.5 Å². The summed E-state index contributed by atoms with van der Waals surface area (Å²) in [6, 6.07) is 8.28. The minimum Gasteiger partial charge on any atom is -0.368 e. The maximum absolute atomic E-state index is 12.0. The van der Waals surface area contributed by atoms with Gasteiger partial charge in [-0.15, -0.1) is 0 Å². The summed E-state index contributed by atoms with van der Waals surface area (Å²) in [6.07, 6.45) is 4.88. The molecule has 8 heteroatoms. The van der Waals surface area contributed by atoms with Gasteiger partial charge in [-0.2, -0.15) is 5.10 Å². The molecule has 2 aromatic heterocycles. The number of amides is 2. The predicted molar refractivity (Wildman–Crippen MR) is 98.5 cm³/mol. The molecule has 3 rings (SSSR count). The normalized spacial score (nSPS) is 10.0. The number of carbonyl (C=O) groups is 1. The van der Waals surface area contributed by atoms with Crippen molar-refractivity contribution in [3.8, 4) is 11.8 Å². The van der Waals surface area contributed by atoms with Crippen LogP contribution in [0.2, 0.25) is 0 Å². The average Bonchev–Trinajstić information content (AvgIpc) is 3.10. The maximum Gasteiger partial charge on any atom is 0.325 e. The summed E-state index contributed by atoms with van der Waals surface area (Å²) in [6.45, 7) is 2.66. The minimum absolute atomic E-state index is 0.196. The van der Waals surface area contributed by atoms with Gasteiger partial charge in [0.05, 0.1) is 11.3 Å². The van der Waals surface area contributed by atoms with Crippen molar-refractivity contribution in [2.75, 3.05) is 10.6 Å². The Bertz CT molecular complexity index is 983. The molecule has 2 heterocycles. The molecule has 130 valence electrons. The van der Waals surface area contributed by atoms with Crippen molar-refractivity contribution in [1.82, 2.24) is 19.7 Å². The number of aromatic nitrogens is 4. The van der Waals surface area contributed by atoms with Crippen LogP contribution in [0.25, 0.3) is 0 Å². The van der Waals surface area contributed by atoms with Crippen molar-refractivity contribution < 1.29 is 4.79 Å². The second kappa shape index (κ2) is 7.36. The lowest BCUT2D eigenvalue weighted by Crippen LogP contribution is -2.31. The Labute approximate surface area is 150 Å². The molecule has 0 bridgehead atoms. The van der Waals surface area contributed by atoms with E-state index in [0.29, 0.717) is 29.2 Å². The van der Waals surface area contributed by atoms with Gasteiger partial charge in [-0.05, 0) is 25.1 Å². The standard InChI is InChI=1S/C18H17N7O/c1-2-24-9-8-16(23-24)25(18(20)26)15-5-3-4-13(10-15)6-7-14-11-21-17(19)22-12-14/h3-5,8-12H,2H2,1H3,(H2,20,26)(H2,19,21,22). The fourth-order valence-corrected chi connectivity index (χ4v) is 2.29. The zero-order valence-electron chi connectivity index (χ0n) is 14.1. The van der Waals surface area contributed by atoms with Crippen molar-refractivity contribution >= 4 is 23.5 Å². The first-order valence-electron chi connectivity index (χ1n) is 7.89. The molecule has 1 aromatic carbocycles. The fourth-order valence-electron chi connectivity index (χ4n) is 2.29. The van der Waals surface area contributed by atoms with Crippen LogP contribution >= 0.6 is 0 Å². The Kier molecular flexibility index (Phi) is 4.80. The van der Waals surface area contributed by atoms with Crippen LogP contribution in [0.5, 0.6) is 0 Å². The quantitative estimate of drug-likeness (QED) is 0.702. The van der Waals surface area contributed by atoms with Crippen LogP contribution in [0.3, 0.4) is 0 Å². The molecule has 0 radical (unpaired) electrons. The van der Waals surface area contributed by atoms with Crippen LogP contribution in [0.1, 0.15) is 18.1 Å². The van der Waals surface area contributed by atoms with E-state index in [0.717, 1.165) is 0 Å². The van der Waals surface area contributed by atoms with Gasteiger partial charge in [0.15, 0.2) is 5.82 Å². The molecule has 3 aromatic rings. The smallest absolute Gasteiger partial charge is 0.325 e. The molecule has 0 fully saturated rings. The van der Waals surface area contributed by atoms with Crippen molar-refractivity contribution in [2.45, 2.75) is 13.5 Å². The number of hydrogen-bond donors (Lipinski definition) is 2. The molecular weight excluding hydrogens is 330 g/mol. The van der Waals surface area contributed by atoms with Crippen molar-refractivity contribution in [3.63, 3.8) is 0 Å². The number of nitrogens with two attached hydrogens (primary N) is 2. The zero-order valence-corrected chi connectivity index (χ0v) is 14.1. The first kappa shape index (κ1) is 17.0. The Morgan fingerprint density at radius 1 is 1.19 bits per heavy atom. The van der Waals surface area contributed by atoms with Crippen LogP contribution in [0.4, 0.5) is 22.2 Å². The van der Waals surface area contributed by atoms with E-state index < -0.39 is 6.03 Å². The molecular formula is C18H17N7O. The van der Waals surface area contributed by atoms with Crippen molar-refractivity contribution in [3.05, 3.63) is 60.0 Å². The number of nitrogen functional groups attached to an aromatic ring is 1. The van der Waals surface area contributed by atoms with Crippen molar-refractivity contribution in [2.24, 2.45) is 5.73 Å².